The van der Waals surface area contributed by atoms with E-state index in [1.807, 2.05) is 26.1 Å². The molecule has 3 heteroatoms. The highest BCUT2D eigenvalue weighted by atomic mass is 16.3. The summed E-state index contributed by atoms with van der Waals surface area (Å²) in [5, 5.41) is 9.93. The maximum Gasteiger partial charge on any atom is 0.225 e. The number of hydrogen-bond acceptors (Lipinski definition) is 2. The number of para-hydroxylation sites is 1. The summed E-state index contributed by atoms with van der Waals surface area (Å²) >= 11 is 0. The topological polar surface area (TPSA) is 40.5 Å². The lowest BCUT2D eigenvalue weighted by atomic mass is 9.97. The van der Waals surface area contributed by atoms with E-state index in [1.165, 1.54) is 12.8 Å². The van der Waals surface area contributed by atoms with Crippen LogP contribution in [-0.4, -0.2) is 23.0 Å². The van der Waals surface area contributed by atoms with Gasteiger partial charge in [0.2, 0.25) is 5.91 Å². The predicted octanol–water partition coefficient (Wildman–Crippen LogP) is 3.88. The van der Waals surface area contributed by atoms with E-state index in [0.29, 0.717) is 0 Å². The Morgan fingerprint density at radius 1 is 1.20 bits per heavy atom. The van der Waals surface area contributed by atoms with Crippen LogP contribution < -0.4 is 0 Å². The number of phenolic OH excluding ortho intramolecular Hbond substituents is 1. The molecule has 0 aliphatic heterocycles. The molecule has 1 aromatic carbocycles. The number of carbonyl (C=O) groups excluding carboxylic acids is 1. The Bertz CT molecular complexity index is 450. The minimum absolute atomic E-state index is 0.0908. The zero-order valence-corrected chi connectivity index (χ0v) is 12.5. The minimum atomic E-state index is -0.0908. The maximum absolute atomic E-state index is 12.6. The van der Waals surface area contributed by atoms with Gasteiger partial charge in [-0.1, -0.05) is 43.9 Å². The number of phenols is 1. The zero-order chi connectivity index (χ0) is 14.5. The monoisotopic (exact) mass is 275 g/mol. The molecule has 0 saturated heterocycles. The summed E-state index contributed by atoms with van der Waals surface area (Å²) in [6, 6.07) is 7.17. The molecule has 0 radical (unpaired) electrons. The predicted molar refractivity (Wildman–Crippen MR) is 80.5 cm³/mol. The molecule has 0 heterocycles. The first kappa shape index (κ1) is 14.9. The van der Waals surface area contributed by atoms with Crippen molar-refractivity contribution in [1.29, 1.82) is 0 Å². The Balaban J connectivity index is 2.07. The normalized spacial score (nSPS) is 18.3. The molecule has 1 atom stereocenters. The van der Waals surface area contributed by atoms with E-state index in [-0.39, 0.29) is 23.6 Å². The summed E-state index contributed by atoms with van der Waals surface area (Å²) in [7, 11) is 1.85. The molecule has 3 nitrogen and oxygen atoms in total. The van der Waals surface area contributed by atoms with Gasteiger partial charge in [-0.3, -0.25) is 4.79 Å². The van der Waals surface area contributed by atoms with Crippen LogP contribution in [-0.2, 0) is 4.79 Å². The molecule has 1 aliphatic rings. The van der Waals surface area contributed by atoms with Gasteiger partial charge in [0.25, 0.3) is 0 Å². The van der Waals surface area contributed by atoms with Gasteiger partial charge in [-0.05, 0) is 25.8 Å². The Kier molecular flexibility index (Phi) is 5.05. The molecule has 1 unspecified atom stereocenters. The smallest absolute Gasteiger partial charge is 0.225 e. The van der Waals surface area contributed by atoms with Gasteiger partial charge >= 0.3 is 0 Å². The number of benzene rings is 1. The highest BCUT2D eigenvalue weighted by molar-refractivity contribution is 5.79. The molecule has 2 rings (SSSR count). The van der Waals surface area contributed by atoms with Gasteiger partial charge < -0.3 is 10.0 Å². The Morgan fingerprint density at radius 2 is 1.80 bits per heavy atom. The fraction of sp³-hybridized carbons (Fsp3) is 0.588. The quantitative estimate of drug-likeness (QED) is 0.850. The molecule has 1 fully saturated rings. The van der Waals surface area contributed by atoms with E-state index in [2.05, 4.69) is 0 Å². The average molecular weight is 275 g/mol. The minimum Gasteiger partial charge on any atom is -0.508 e. The summed E-state index contributed by atoms with van der Waals surface area (Å²) in [6.07, 6.45) is 6.85. The maximum atomic E-state index is 12.6. The molecular weight excluding hydrogens is 250 g/mol. The second kappa shape index (κ2) is 6.78. The Hall–Kier alpha value is -1.51. The first-order chi connectivity index (χ1) is 9.61. The van der Waals surface area contributed by atoms with Crippen molar-refractivity contribution in [3.05, 3.63) is 29.8 Å². The van der Waals surface area contributed by atoms with E-state index >= 15 is 0 Å². The third kappa shape index (κ3) is 3.33. The molecule has 1 saturated carbocycles. The van der Waals surface area contributed by atoms with Crippen molar-refractivity contribution < 1.29 is 9.90 Å². The fourth-order valence-corrected chi connectivity index (χ4v) is 3.05. The number of nitrogens with zero attached hydrogens (tertiary/aromatic N) is 1. The van der Waals surface area contributed by atoms with Crippen LogP contribution >= 0.6 is 0 Å². The largest absolute Gasteiger partial charge is 0.508 e. The lowest BCUT2D eigenvalue weighted by Gasteiger charge is -2.29. The second-order valence-corrected chi connectivity index (χ2v) is 5.87. The fourth-order valence-electron chi connectivity index (χ4n) is 3.05. The lowest BCUT2D eigenvalue weighted by molar-refractivity contribution is -0.136. The van der Waals surface area contributed by atoms with Crippen LogP contribution in [0.2, 0.25) is 0 Å². The summed E-state index contributed by atoms with van der Waals surface area (Å²) in [4.78, 5) is 14.4. The van der Waals surface area contributed by atoms with Crippen LogP contribution in [0.4, 0.5) is 0 Å². The molecule has 1 N–H and O–H groups in total. The number of amides is 1. The Morgan fingerprint density at radius 3 is 2.40 bits per heavy atom. The van der Waals surface area contributed by atoms with Crippen LogP contribution in [0, 0.1) is 5.92 Å². The van der Waals surface area contributed by atoms with Crippen LogP contribution in [0.25, 0.3) is 0 Å². The van der Waals surface area contributed by atoms with Crippen molar-refractivity contribution in [1.82, 2.24) is 4.90 Å². The molecule has 0 aromatic heterocycles. The van der Waals surface area contributed by atoms with Crippen molar-refractivity contribution in [2.75, 3.05) is 7.05 Å². The van der Waals surface area contributed by atoms with E-state index in [4.69, 9.17) is 0 Å². The van der Waals surface area contributed by atoms with Crippen molar-refractivity contribution in [3.8, 4) is 5.75 Å². The standard InChI is InChI=1S/C17H25NO2/c1-13(15-11-7-8-12-16(15)19)18(2)17(20)14-9-5-3-4-6-10-14/h7-8,11-14,19H,3-6,9-10H2,1-2H3. The zero-order valence-electron chi connectivity index (χ0n) is 12.5. The van der Waals surface area contributed by atoms with Crippen molar-refractivity contribution in [2.45, 2.75) is 51.5 Å². The number of hydrogen-bond donors (Lipinski definition) is 1. The van der Waals surface area contributed by atoms with E-state index in [1.54, 1.807) is 17.0 Å². The van der Waals surface area contributed by atoms with Crippen LogP contribution in [0.15, 0.2) is 24.3 Å². The molecule has 0 spiro atoms. The van der Waals surface area contributed by atoms with E-state index in [9.17, 15) is 9.90 Å². The molecule has 1 aromatic rings. The summed E-state index contributed by atoms with van der Waals surface area (Å²) in [5.41, 5.74) is 0.817. The molecular formula is C17H25NO2. The van der Waals surface area contributed by atoms with Crippen LogP contribution in [0.3, 0.4) is 0 Å². The van der Waals surface area contributed by atoms with E-state index in [0.717, 1.165) is 31.2 Å². The highest BCUT2D eigenvalue weighted by Crippen LogP contribution is 2.30. The SMILES string of the molecule is CC(c1ccccc1O)N(C)C(=O)C1CCCCCC1. The molecule has 20 heavy (non-hydrogen) atoms. The summed E-state index contributed by atoms with van der Waals surface area (Å²) < 4.78 is 0. The molecule has 1 aliphatic carbocycles. The summed E-state index contributed by atoms with van der Waals surface area (Å²) in [5.74, 6) is 0.652. The van der Waals surface area contributed by atoms with Gasteiger partial charge in [-0.25, -0.2) is 0 Å². The highest BCUT2D eigenvalue weighted by Gasteiger charge is 2.27. The van der Waals surface area contributed by atoms with Crippen molar-refractivity contribution in [2.24, 2.45) is 5.92 Å². The average Bonchev–Trinajstić information content (AvgIpc) is 2.74. The lowest BCUT2D eigenvalue weighted by Crippen LogP contribution is -2.34. The molecule has 1 amide bonds. The van der Waals surface area contributed by atoms with Gasteiger partial charge in [-0.2, -0.15) is 0 Å². The first-order valence-corrected chi connectivity index (χ1v) is 7.66. The van der Waals surface area contributed by atoms with Gasteiger partial charge in [0, 0.05) is 18.5 Å². The van der Waals surface area contributed by atoms with Gasteiger partial charge in [0.1, 0.15) is 5.75 Å². The van der Waals surface area contributed by atoms with Gasteiger partial charge in [-0.15, -0.1) is 0 Å². The van der Waals surface area contributed by atoms with E-state index < -0.39 is 0 Å². The molecule has 0 bridgehead atoms. The van der Waals surface area contributed by atoms with Crippen LogP contribution in [0.1, 0.15) is 57.1 Å². The number of aromatic hydroxyl groups is 1. The number of rotatable bonds is 3. The third-order valence-corrected chi connectivity index (χ3v) is 4.52. The first-order valence-electron chi connectivity index (χ1n) is 7.66. The number of carbonyl (C=O) groups is 1. The second-order valence-electron chi connectivity index (χ2n) is 5.87. The van der Waals surface area contributed by atoms with Crippen molar-refractivity contribution >= 4 is 5.91 Å². The third-order valence-electron chi connectivity index (χ3n) is 4.52. The van der Waals surface area contributed by atoms with Crippen LogP contribution in [0.5, 0.6) is 5.75 Å². The Labute approximate surface area is 121 Å². The van der Waals surface area contributed by atoms with Gasteiger partial charge in [0.15, 0.2) is 0 Å². The molecule has 110 valence electrons. The van der Waals surface area contributed by atoms with Crippen molar-refractivity contribution in [3.63, 3.8) is 0 Å². The summed E-state index contributed by atoms with van der Waals surface area (Å²) in [6.45, 7) is 1.98. The van der Waals surface area contributed by atoms with Gasteiger partial charge in [0.05, 0.1) is 6.04 Å².